The first-order chi connectivity index (χ1) is 13.9. The maximum atomic E-state index is 12.5. The van der Waals surface area contributed by atoms with E-state index in [1.165, 1.54) is 29.5 Å². The lowest BCUT2D eigenvalue weighted by atomic mass is 10.1. The van der Waals surface area contributed by atoms with E-state index in [1.807, 2.05) is 16.9 Å². The summed E-state index contributed by atoms with van der Waals surface area (Å²) in [6.07, 6.45) is 1.68. The number of thiazole rings is 1. The van der Waals surface area contributed by atoms with Crippen molar-refractivity contribution in [3.05, 3.63) is 69.0 Å². The normalized spacial score (nSPS) is 10.6. The summed E-state index contributed by atoms with van der Waals surface area (Å²) in [5.74, 6) is -1.21. The average molecular weight is 415 g/mol. The van der Waals surface area contributed by atoms with Crippen molar-refractivity contribution < 1.29 is 24.0 Å². The second-order valence-corrected chi connectivity index (χ2v) is 6.91. The van der Waals surface area contributed by atoms with Crippen molar-refractivity contribution in [3.8, 4) is 10.9 Å². The number of hydrogen-bond donors (Lipinski definition) is 0. The molecule has 0 amide bonds. The Kier molecular flexibility index (Phi) is 6.03. The van der Waals surface area contributed by atoms with Crippen LogP contribution < -0.4 is 4.74 Å². The Bertz CT molecular complexity index is 1060. The summed E-state index contributed by atoms with van der Waals surface area (Å²) < 4.78 is 12.0. The number of carbonyl (C=O) groups is 2. The molecule has 2 heterocycles. The Balaban J connectivity index is 1.59. The van der Waals surface area contributed by atoms with Crippen molar-refractivity contribution in [1.29, 1.82) is 0 Å². The number of ketones is 1. The van der Waals surface area contributed by atoms with Gasteiger partial charge in [-0.2, -0.15) is 0 Å². The number of nitro benzene ring substituents is 1. The first-order valence-electron chi connectivity index (χ1n) is 8.52. The Hall–Kier alpha value is -3.53. The van der Waals surface area contributed by atoms with Crippen LogP contribution in [0.2, 0.25) is 0 Å². The topological polar surface area (TPSA) is 114 Å². The fourth-order valence-electron chi connectivity index (χ4n) is 2.80. The molecule has 0 fully saturated rings. The molecule has 9 nitrogen and oxygen atoms in total. The summed E-state index contributed by atoms with van der Waals surface area (Å²) in [4.78, 5) is 39.0. The number of aryl methyl sites for hydroxylation is 1. The van der Waals surface area contributed by atoms with E-state index < -0.39 is 24.1 Å². The molecule has 0 bridgehead atoms. The van der Waals surface area contributed by atoms with Crippen LogP contribution in [0.15, 0.2) is 41.9 Å². The number of nitrogens with zero attached hydrogens (tertiary/aromatic N) is 3. The van der Waals surface area contributed by atoms with E-state index in [1.54, 1.807) is 25.3 Å². The van der Waals surface area contributed by atoms with Crippen LogP contribution in [0.5, 0.6) is 5.75 Å². The largest absolute Gasteiger partial charge is 0.475 e. The van der Waals surface area contributed by atoms with E-state index in [2.05, 4.69) is 4.98 Å². The Morgan fingerprint density at radius 1 is 1.24 bits per heavy atom. The number of carbonyl (C=O) groups excluding carboxylic acids is 2. The minimum Gasteiger partial charge on any atom is -0.475 e. The molecule has 29 heavy (non-hydrogen) atoms. The molecule has 0 saturated heterocycles. The van der Waals surface area contributed by atoms with Crippen LogP contribution in [0.4, 0.5) is 5.69 Å². The van der Waals surface area contributed by atoms with Crippen LogP contribution in [0.3, 0.4) is 0 Å². The highest BCUT2D eigenvalue weighted by Crippen LogP contribution is 2.26. The zero-order chi connectivity index (χ0) is 21.0. The Labute approximate surface area is 169 Å². The first kappa shape index (κ1) is 20.2. The number of nitro groups is 1. The molecule has 0 saturated carbocycles. The summed E-state index contributed by atoms with van der Waals surface area (Å²) in [6, 6.07) is 7.41. The van der Waals surface area contributed by atoms with Crippen LogP contribution in [0.1, 0.15) is 21.7 Å². The van der Waals surface area contributed by atoms with Crippen LogP contribution in [-0.4, -0.2) is 39.4 Å². The van der Waals surface area contributed by atoms with Crippen LogP contribution in [0, 0.1) is 24.0 Å². The third kappa shape index (κ3) is 4.49. The second kappa shape index (κ2) is 8.65. The lowest BCUT2D eigenvalue weighted by Crippen LogP contribution is -2.20. The minimum absolute atomic E-state index is 0.0484. The molecule has 0 radical (unpaired) electrons. The van der Waals surface area contributed by atoms with E-state index in [0.717, 1.165) is 10.8 Å². The van der Waals surface area contributed by atoms with Gasteiger partial charge >= 0.3 is 11.7 Å². The number of ether oxygens (including phenoxy) is 2. The van der Waals surface area contributed by atoms with E-state index in [9.17, 15) is 19.7 Å². The standard InChI is InChI=1S/C19H17N3O6S/c1-12-9-14(13(2)21(12)19-20-7-8-29-19)16(23)10-28-18(24)11-27-17-6-4-3-5-15(17)22(25)26/h3-9H,10-11H2,1-2H3. The lowest BCUT2D eigenvalue weighted by molar-refractivity contribution is -0.385. The molecule has 0 aliphatic heterocycles. The van der Waals surface area contributed by atoms with Gasteiger partial charge < -0.3 is 9.47 Å². The number of Topliss-reactive ketones (excluding diaryl/α,β-unsaturated/α-hetero) is 1. The summed E-state index contributed by atoms with van der Waals surface area (Å²) in [6.45, 7) is 2.65. The molecule has 0 atom stereocenters. The number of para-hydroxylation sites is 2. The number of aromatic nitrogens is 2. The molecule has 1 aromatic carbocycles. The molecule has 0 aliphatic rings. The van der Waals surface area contributed by atoms with Crippen molar-refractivity contribution in [2.75, 3.05) is 13.2 Å². The van der Waals surface area contributed by atoms with E-state index in [0.29, 0.717) is 11.3 Å². The van der Waals surface area contributed by atoms with Gasteiger partial charge in [-0.3, -0.25) is 19.5 Å². The molecule has 150 valence electrons. The number of benzene rings is 1. The van der Waals surface area contributed by atoms with Gasteiger partial charge in [0.15, 0.2) is 24.1 Å². The molecular formula is C19H17N3O6S. The predicted octanol–water partition coefficient (Wildman–Crippen LogP) is 3.26. The summed E-state index contributed by atoms with van der Waals surface area (Å²) in [5, 5.41) is 13.5. The van der Waals surface area contributed by atoms with Crippen LogP contribution >= 0.6 is 11.3 Å². The molecule has 2 aromatic heterocycles. The fourth-order valence-corrected chi connectivity index (χ4v) is 3.55. The predicted molar refractivity (Wildman–Crippen MR) is 105 cm³/mol. The zero-order valence-corrected chi connectivity index (χ0v) is 16.5. The monoisotopic (exact) mass is 415 g/mol. The van der Waals surface area contributed by atoms with Gasteiger partial charge in [0.05, 0.1) is 4.92 Å². The minimum atomic E-state index is -0.801. The maximum Gasteiger partial charge on any atom is 0.344 e. The van der Waals surface area contributed by atoms with Gasteiger partial charge in [0.2, 0.25) is 5.78 Å². The molecule has 0 unspecified atom stereocenters. The smallest absolute Gasteiger partial charge is 0.344 e. The van der Waals surface area contributed by atoms with E-state index in [4.69, 9.17) is 9.47 Å². The van der Waals surface area contributed by atoms with Gasteiger partial charge in [0.25, 0.3) is 0 Å². The lowest BCUT2D eigenvalue weighted by Gasteiger charge is -2.08. The van der Waals surface area contributed by atoms with Gasteiger partial charge in [-0.15, -0.1) is 11.3 Å². The third-order valence-corrected chi connectivity index (χ3v) is 4.87. The Morgan fingerprint density at radius 2 is 2.00 bits per heavy atom. The van der Waals surface area contributed by atoms with Gasteiger partial charge in [0.1, 0.15) is 0 Å². The van der Waals surface area contributed by atoms with Crippen molar-refractivity contribution in [2.24, 2.45) is 0 Å². The third-order valence-electron chi connectivity index (χ3n) is 4.11. The number of hydrogen-bond acceptors (Lipinski definition) is 8. The SMILES string of the molecule is Cc1cc(C(=O)COC(=O)COc2ccccc2[N+](=O)[O-])c(C)n1-c1nccs1. The van der Waals surface area contributed by atoms with Crippen LogP contribution in [-0.2, 0) is 9.53 Å². The average Bonchev–Trinajstić information content (AvgIpc) is 3.32. The number of esters is 1. The first-order valence-corrected chi connectivity index (χ1v) is 9.40. The maximum absolute atomic E-state index is 12.5. The van der Waals surface area contributed by atoms with Gasteiger partial charge in [-0.1, -0.05) is 12.1 Å². The molecule has 0 aliphatic carbocycles. The summed E-state index contributed by atoms with van der Waals surface area (Å²) >= 11 is 1.45. The summed E-state index contributed by atoms with van der Waals surface area (Å²) in [7, 11) is 0. The Morgan fingerprint density at radius 3 is 2.69 bits per heavy atom. The van der Waals surface area contributed by atoms with Crippen molar-refractivity contribution in [3.63, 3.8) is 0 Å². The fraction of sp³-hybridized carbons (Fsp3) is 0.211. The van der Waals surface area contributed by atoms with Gasteiger partial charge in [0, 0.05) is 34.6 Å². The highest BCUT2D eigenvalue weighted by molar-refractivity contribution is 7.12. The van der Waals surface area contributed by atoms with Gasteiger partial charge in [-0.25, -0.2) is 9.78 Å². The molecule has 3 rings (SSSR count). The molecule has 10 heteroatoms. The van der Waals surface area contributed by atoms with E-state index in [-0.39, 0.29) is 17.2 Å². The van der Waals surface area contributed by atoms with Crippen molar-refractivity contribution in [2.45, 2.75) is 13.8 Å². The number of rotatable bonds is 8. The zero-order valence-electron chi connectivity index (χ0n) is 15.7. The van der Waals surface area contributed by atoms with Crippen molar-refractivity contribution >= 4 is 28.8 Å². The molecule has 0 spiro atoms. The highest BCUT2D eigenvalue weighted by atomic mass is 32.1. The second-order valence-electron chi connectivity index (χ2n) is 6.03. The molecular weight excluding hydrogens is 398 g/mol. The van der Waals surface area contributed by atoms with Gasteiger partial charge in [-0.05, 0) is 26.0 Å². The van der Waals surface area contributed by atoms with E-state index >= 15 is 0 Å². The quantitative estimate of drug-likeness (QED) is 0.240. The van der Waals surface area contributed by atoms with Crippen molar-refractivity contribution in [1.82, 2.24) is 9.55 Å². The summed E-state index contributed by atoms with van der Waals surface area (Å²) in [5.41, 5.74) is 1.72. The molecule has 0 N–H and O–H groups in total. The van der Waals surface area contributed by atoms with Crippen LogP contribution in [0.25, 0.3) is 5.13 Å². The molecule has 3 aromatic rings. The highest BCUT2D eigenvalue weighted by Gasteiger charge is 2.20.